The zero-order valence-corrected chi connectivity index (χ0v) is 11.5. The van der Waals surface area contributed by atoms with Gasteiger partial charge in [-0.1, -0.05) is 6.92 Å². The zero-order valence-electron chi connectivity index (χ0n) is 10.7. The van der Waals surface area contributed by atoms with E-state index in [4.69, 9.17) is 5.11 Å². The highest BCUT2D eigenvalue weighted by molar-refractivity contribution is 7.14. The van der Waals surface area contributed by atoms with Crippen molar-refractivity contribution in [1.29, 1.82) is 0 Å². The van der Waals surface area contributed by atoms with Crippen LogP contribution in [0.15, 0.2) is 18.2 Å². The minimum atomic E-state index is -0.993. The van der Waals surface area contributed by atoms with Crippen LogP contribution >= 0.6 is 11.3 Å². The van der Waals surface area contributed by atoms with Crippen LogP contribution in [0.5, 0.6) is 0 Å². The van der Waals surface area contributed by atoms with Gasteiger partial charge in [0.05, 0.1) is 4.88 Å². The van der Waals surface area contributed by atoms with Crippen molar-refractivity contribution in [3.63, 3.8) is 0 Å². The summed E-state index contributed by atoms with van der Waals surface area (Å²) >= 11 is 1.30. The van der Waals surface area contributed by atoms with Crippen molar-refractivity contribution in [3.8, 4) is 0 Å². The number of hydrogen-bond acceptors (Lipinski definition) is 3. The Hall–Kier alpha value is -1.62. The molecule has 0 aliphatic rings. The van der Waals surface area contributed by atoms with Gasteiger partial charge in [-0.15, -0.1) is 11.3 Å². The Kier molecular flexibility index (Phi) is 5.09. The van der Waals surface area contributed by atoms with Crippen LogP contribution in [0, 0.1) is 0 Å². The highest BCUT2D eigenvalue weighted by Gasteiger charge is 2.17. The monoisotopic (exact) mass is 267 g/mol. The highest BCUT2D eigenvalue weighted by Crippen LogP contribution is 2.20. The molecule has 0 aliphatic carbocycles. The van der Waals surface area contributed by atoms with Gasteiger partial charge >= 0.3 is 5.97 Å². The van der Waals surface area contributed by atoms with Crippen molar-refractivity contribution < 1.29 is 14.7 Å². The van der Waals surface area contributed by atoms with Crippen LogP contribution in [-0.4, -0.2) is 35.0 Å². The summed E-state index contributed by atoms with van der Waals surface area (Å²) in [6, 6.07) is 3.67. The van der Waals surface area contributed by atoms with E-state index in [-0.39, 0.29) is 11.9 Å². The van der Waals surface area contributed by atoms with E-state index in [0.717, 1.165) is 17.4 Å². The summed E-state index contributed by atoms with van der Waals surface area (Å²) in [7, 11) is 1.78. The normalized spacial score (nSPS) is 12.6. The second-order valence-electron chi connectivity index (χ2n) is 4.05. The van der Waals surface area contributed by atoms with Crippen LogP contribution in [0.4, 0.5) is 0 Å². The Morgan fingerprint density at radius 1 is 1.50 bits per heavy atom. The van der Waals surface area contributed by atoms with E-state index in [1.54, 1.807) is 24.1 Å². The Bertz CT molecular complexity index is 465. The van der Waals surface area contributed by atoms with Gasteiger partial charge in [-0.05, 0) is 31.6 Å². The molecule has 98 valence electrons. The van der Waals surface area contributed by atoms with E-state index in [1.165, 1.54) is 17.4 Å². The second kappa shape index (κ2) is 6.35. The standard InChI is InChI=1S/C13H17NO3S/c1-4-9(2)14(3)13(17)11-7-5-10(18-11)6-8-12(15)16/h5-9H,4H2,1-3H3,(H,15,16)/b8-6+. The summed E-state index contributed by atoms with van der Waals surface area (Å²) in [6.45, 7) is 4.03. The largest absolute Gasteiger partial charge is 0.478 e. The van der Waals surface area contributed by atoms with Crippen LogP contribution in [0.3, 0.4) is 0 Å². The van der Waals surface area contributed by atoms with Crippen molar-refractivity contribution in [2.24, 2.45) is 0 Å². The van der Waals surface area contributed by atoms with E-state index in [0.29, 0.717) is 4.88 Å². The lowest BCUT2D eigenvalue weighted by molar-refractivity contribution is -0.131. The molecule has 0 saturated heterocycles. The van der Waals surface area contributed by atoms with Gasteiger partial charge in [0, 0.05) is 24.0 Å². The third kappa shape index (κ3) is 3.70. The van der Waals surface area contributed by atoms with Crippen molar-refractivity contribution in [3.05, 3.63) is 28.0 Å². The van der Waals surface area contributed by atoms with Crippen molar-refractivity contribution in [1.82, 2.24) is 4.90 Å². The summed E-state index contributed by atoms with van der Waals surface area (Å²) in [5.41, 5.74) is 0. The fourth-order valence-electron chi connectivity index (χ4n) is 1.36. The fraction of sp³-hybridized carbons (Fsp3) is 0.385. The predicted molar refractivity (Wildman–Crippen MR) is 72.8 cm³/mol. The SMILES string of the molecule is CCC(C)N(C)C(=O)c1ccc(/C=C/C(=O)O)s1. The molecule has 1 atom stereocenters. The first-order valence-electron chi connectivity index (χ1n) is 5.73. The molecule has 0 fully saturated rings. The number of carbonyl (C=O) groups is 2. The molecule has 18 heavy (non-hydrogen) atoms. The van der Waals surface area contributed by atoms with Crippen LogP contribution in [0.1, 0.15) is 34.8 Å². The lowest BCUT2D eigenvalue weighted by Crippen LogP contribution is -2.34. The lowest BCUT2D eigenvalue weighted by Gasteiger charge is -2.22. The van der Waals surface area contributed by atoms with Gasteiger partial charge in [0.2, 0.25) is 0 Å². The summed E-state index contributed by atoms with van der Waals surface area (Å²) < 4.78 is 0. The quantitative estimate of drug-likeness (QED) is 0.834. The summed E-state index contributed by atoms with van der Waals surface area (Å²) in [4.78, 5) is 25.6. The van der Waals surface area contributed by atoms with Crippen LogP contribution < -0.4 is 0 Å². The molecule has 0 spiro atoms. The van der Waals surface area contributed by atoms with E-state index >= 15 is 0 Å². The number of nitrogens with zero attached hydrogens (tertiary/aromatic N) is 1. The number of aliphatic carboxylic acids is 1. The maximum absolute atomic E-state index is 12.1. The summed E-state index contributed by atoms with van der Waals surface area (Å²) in [5, 5.41) is 8.53. The molecule has 1 unspecified atom stereocenters. The molecule has 0 aliphatic heterocycles. The zero-order chi connectivity index (χ0) is 13.7. The van der Waals surface area contributed by atoms with Gasteiger partial charge in [0.1, 0.15) is 0 Å². The van der Waals surface area contributed by atoms with E-state index in [1.807, 2.05) is 13.8 Å². The Morgan fingerprint density at radius 2 is 2.17 bits per heavy atom. The van der Waals surface area contributed by atoms with Gasteiger partial charge in [-0.3, -0.25) is 4.79 Å². The first-order chi connectivity index (χ1) is 8.45. The number of rotatable bonds is 5. The number of hydrogen-bond donors (Lipinski definition) is 1. The maximum Gasteiger partial charge on any atom is 0.328 e. The molecule has 0 saturated carbocycles. The topological polar surface area (TPSA) is 57.6 Å². The third-order valence-electron chi connectivity index (χ3n) is 2.80. The minimum absolute atomic E-state index is 0.0238. The molecule has 0 radical (unpaired) electrons. The molecular weight excluding hydrogens is 250 g/mol. The molecule has 5 heteroatoms. The molecule has 1 N–H and O–H groups in total. The highest BCUT2D eigenvalue weighted by atomic mass is 32.1. The molecule has 1 aromatic heterocycles. The van der Waals surface area contributed by atoms with Crippen molar-refractivity contribution in [2.45, 2.75) is 26.3 Å². The Balaban J connectivity index is 2.79. The Morgan fingerprint density at radius 3 is 2.72 bits per heavy atom. The van der Waals surface area contributed by atoms with Gasteiger partial charge in [-0.2, -0.15) is 0 Å². The van der Waals surface area contributed by atoms with Crippen LogP contribution in [0.2, 0.25) is 0 Å². The molecule has 1 heterocycles. The predicted octanol–water partition coefficient (Wildman–Crippen LogP) is 2.72. The van der Waals surface area contributed by atoms with E-state index in [9.17, 15) is 9.59 Å². The first kappa shape index (κ1) is 14.4. The van der Waals surface area contributed by atoms with Gasteiger partial charge in [0.25, 0.3) is 5.91 Å². The number of carboxylic acids is 1. The average molecular weight is 267 g/mol. The fourth-order valence-corrected chi connectivity index (χ4v) is 2.25. The van der Waals surface area contributed by atoms with E-state index in [2.05, 4.69) is 0 Å². The molecule has 0 bridgehead atoms. The van der Waals surface area contributed by atoms with Gasteiger partial charge in [-0.25, -0.2) is 4.79 Å². The van der Waals surface area contributed by atoms with E-state index < -0.39 is 5.97 Å². The minimum Gasteiger partial charge on any atom is -0.478 e. The third-order valence-corrected chi connectivity index (χ3v) is 3.84. The number of carboxylic acid groups (broad SMARTS) is 1. The van der Waals surface area contributed by atoms with Crippen LogP contribution in [-0.2, 0) is 4.79 Å². The molecule has 0 aromatic carbocycles. The number of thiophene rings is 1. The maximum atomic E-state index is 12.1. The number of amides is 1. The number of carbonyl (C=O) groups excluding carboxylic acids is 1. The van der Waals surface area contributed by atoms with Crippen LogP contribution in [0.25, 0.3) is 6.08 Å². The molecule has 1 rings (SSSR count). The van der Waals surface area contributed by atoms with Crippen molar-refractivity contribution in [2.75, 3.05) is 7.05 Å². The smallest absolute Gasteiger partial charge is 0.328 e. The van der Waals surface area contributed by atoms with Gasteiger partial charge < -0.3 is 10.0 Å². The molecule has 1 aromatic rings. The molecular formula is C13H17NO3S. The Labute approximate surface area is 111 Å². The summed E-state index contributed by atoms with van der Waals surface area (Å²) in [6.07, 6.45) is 3.46. The second-order valence-corrected chi connectivity index (χ2v) is 5.16. The first-order valence-corrected chi connectivity index (χ1v) is 6.55. The van der Waals surface area contributed by atoms with Crippen molar-refractivity contribution >= 4 is 29.3 Å². The summed E-state index contributed by atoms with van der Waals surface area (Å²) in [5.74, 6) is -1.02. The van der Waals surface area contributed by atoms with Gasteiger partial charge in [0.15, 0.2) is 0 Å². The average Bonchev–Trinajstić information content (AvgIpc) is 2.82. The molecule has 4 nitrogen and oxygen atoms in total. The lowest BCUT2D eigenvalue weighted by atomic mass is 10.2. The molecule has 1 amide bonds.